The van der Waals surface area contributed by atoms with E-state index in [0.29, 0.717) is 0 Å². The first kappa shape index (κ1) is 8.55. The van der Waals surface area contributed by atoms with Gasteiger partial charge in [-0.2, -0.15) is 0 Å². The van der Waals surface area contributed by atoms with Crippen LogP contribution in [0.5, 0.6) is 0 Å². The molecule has 0 aliphatic heterocycles. The fraction of sp³-hybridized carbons (Fsp3) is 0.909. The third-order valence-corrected chi connectivity index (χ3v) is 3.26. The van der Waals surface area contributed by atoms with Crippen LogP contribution in [0.4, 0.5) is 0 Å². The molecule has 1 N–H and O–H groups in total. The van der Waals surface area contributed by atoms with Crippen LogP contribution in [0.25, 0.3) is 0 Å². The van der Waals surface area contributed by atoms with Gasteiger partial charge in [-0.05, 0) is 38.0 Å². The Bertz CT molecular complexity index is 136. The molecule has 0 heterocycles. The molecule has 0 saturated heterocycles. The SMILES string of the molecule is [CH2]CCC(NC1CC1)C1CCC1. The Morgan fingerprint density at radius 2 is 2.00 bits per heavy atom. The molecule has 2 rings (SSSR count). The first-order valence-electron chi connectivity index (χ1n) is 5.45. The third kappa shape index (κ3) is 2.01. The van der Waals surface area contributed by atoms with Crippen molar-refractivity contribution in [3.05, 3.63) is 6.92 Å². The molecule has 2 saturated carbocycles. The van der Waals surface area contributed by atoms with E-state index < -0.39 is 0 Å². The standard InChI is InChI=1S/C11H20N/c1-2-4-11(9-5-3-6-9)12-10-7-8-10/h9-12H,1-8H2. The average molecular weight is 166 g/mol. The molecule has 0 aromatic rings. The van der Waals surface area contributed by atoms with Crippen LogP contribution >= 0.6 is 0 Å². The summed E-state index contributed by atoms with van der Waals surface area (Å²) in [4.78, 5) is 0. The van der Waals surface area contributed by atoms with Gasteiger partial charge in [0.05, 0.1) is 0 Å². The Balaban J connectivity index is 1.74. The highest BCUT2D eigenvalue weighted by Crippen LogP contribution is 2.33. The van der Waals surface area contributed by atoms with Gasteiger partial charge >= 0.3 is 0 Å². The summed E-state index contributed by atoms with van der Waals surface area (Å²) < 4.78 is 0. The number of hydrogen-bond acceptors (Lipinski definition) is 1. The summed E-state index contributed by atoms with van der Waals surface area (Å²) in [6, 6.07) is 1.69. The van der Waals surface area contributed by atoms with Gasteiger partial charge in [0.1, 0.15) is 0 Å². The van der Waals surface area contributed by atoms with Crippen LogP contribution in [0.1, 0.15) is 44.9 Å². The van der Waals surface area contributed by atoms with E-state index in [-0.39, 0.29) is 0 Å². The van der Waals surface area contributed by atoms with Gasteiger partial charge in [0.15, 0.2) is 0 Å². The lowest BCUT2D eigenvalue weighted by atomic mass is 9.78. The van der Waals surface area contributed by atoms with Crippen molar-refractivity contribution in [3.63, 3.8) is 0 Å². The van der Waals surface area contributed by atoms with Gasteiger partial charge < -0.3 is 5.32 Å². The lowest BCUT2D eigenvalue weighted by molar-refractivity contribution is 0.218. The highest BCUT2D eigenvalue weighted by molar-refractivity contribution is 4.90. The van der Waals surface area contributed by atoms with Crippen molar-refractivity contribution in [3.8, 4) is 0 Å². The summed E-state index contributed by atoms with van der Waals surface area (Å²) >= 11 is 0. The monoisotopic (exact) mass is 166 g/mol. The van der Waals surface area contributed by atoms with E-state index in [2.05, 4.69) is 12.2 Å². The van der Waals surface area contributed by atoms with Gasteiger partial charge in [-0.25, -0.2) is 0 Å². The van der Waals surface area contributed by atoms with Crippen molar-refractivity contribution < 1.29 is 0 Å². The molecule has 0 aromatic carbocycles. The van der Waals surface area contributed by atoms with E-state index in [1.54, 1.807) is 0 Å². The second kappa shape index (κ2) is 3.78. The fourth-order valence-corrected chi connectivity index (χ4v) is 2.07. The van der Waals surface area contributed by atoms with Crippen molar-refractivity contribution in [1.29, 1.82) is 0 Å². The molecule has 0 spiro atoms. The van der Waals surface area contributed by atoms with Crippen LogP contribution in [0.3, 0.4) is 0 Å². The summed E-state index contributed by atoms with van der Waals surface area (Å²) in [7, 11) is 0. The van der Waals surface area contributed by atoms with Gasteiger partial charge in [-0.15, -0.1) is 0 Å². The summed E-state index contributed by atoms with van der Waals surface area (Å²) in [6.07, 6.45) is 9.61. The van der Waals surface area contributed by atoms with E-state index in [4.69, 9.17) is 0 Å². The first-order valence-corrected chi connectivity index (χ1v) is 5.45. The van der Waals surface area contributed by atoms with Gasteiger partial charge in [-0.3, -0.25) is 0 Å². The van der Waals surface area contributed by atoms with Crippen molar-refractivity contribution in [2.45, 2.75) is 57.0 Å². The number of rotatable bonds is 5. The van der Waals surface area contributed by atoms with Crippen LogP contribution in [0.15, 0.2) is 0 Å². The fourth-order valence-electron chi connectivity index (χ4n) is 2.07. The molecule has 2 aliphatic rings. The van der Waals surface area contributed by atoms with Crippen molar-refractivity contribution in [2.75, 3.05) is 0 Å². The maximum atomic E-state index is 3.95. The smallest absolute Gasteiger partial charge is 0.00979 e. The van der Waals surface area contributed by atoms with Gasteiger partial charge in [0.2, 0.25) is 0 Å². The normalized spacial score (nSPS) is 26.8. The number of hydrogen-bond donors (Lipinski definition) is 1. The maximum Gasteiger partial charge on any atom is 0.00979 e. The predicted octanol–water partition coefficient (Wildman–Crippen LogP) is 2.52. The summed E-state index contributed by atoms with van der Waals surface area (Å²) in [5.74, 6) is 0.993. The minimum absolute atomic E-state index is 0.809. The van der Waals surface area contributed by atoms with E-state index in [9.17, 15) is 0 Å². The van der Waals surface area contributed by atoms with Crippen LogP contribution in [-0.4, -0.2) is 12.1 Å². The molecular formula is C11H20N. The Hall–Kier alpha value is -0.0400. The zero-order valence-electron chi connectivity index (χ0n) is 7.89. The minimum Gasteiger partial charge on any atom is -0.311 e. The van der Waals surface area contributed by atoms with Crippen molar-refractivity contribution in [2.24, 2.45) is 5.92 Å². The Labute approximate surface area is 75.9 Å². The lowest BCUT2D eigenvalue weighted by Crippen LogP contribution is -2.40. The lowest BCUT2D eigenvalue weighted by Gasteiger charge is -2.34. The topological polar surface area (TPSA) is 12.0 Å². The van der Waals surface area contributed by atoms with E-state index >= 15 is 0 Å². The van der Waals surface area contributed by atoms with Crippen LogP contribution in [0, 0.1) is 12.8 Å². The largest absolute Gasteiger partial charge is 0.311 e. The zero-order chi connectivity index (χ0) is 8.39. The third-order valence-electron chi connectivity index (χ3n) is 3.26. The molecule has 1 unspecified atom stereocenters. The Morgan fingerprint density at radius 1 is 1.25 bits per heavy atom. The minimum atomic E-state index is 0.809. The maximum absolute atomic E-state index is 3.95. The second-order valence-corrected chi connectivity index (χ2v) is 4.38. The molecule has 69 valence electrons. The molecule has 1 heteroatoms. The van der Waals surface area contributed by atoms with Crippen LogP contribution in [0.2, 0.25) is 0 Å². The summed E-state index contributed by atoms with van der Waals surface area (Å²) in [5.41, 5.74) is 0. The molecule has 0 aromatic heterocycles. The summed E-state index contributed by atoms with van der Waals surface area (Å²) in [6.45, 7) is 3.95. The molecule has 12 heavy (non-hydrogen) atoms. The quantitative estimate of drug-likeness (QED) is 0.661. The van der Waals surface area contributed by atoms with Crippen LogP contribution < -0.4 is 5.32 Å². The molecule has 0 bridgehead atoms. The van der Waals surface area contributed by atoms with E-state index in [1.807, 2.05) is 0 Å². The highest BCUT2D eigenvalue weighted by atomic mass is 15.0. The van der Waals surface area contributed by atoms with Gasteiger partial charge in [0, 0.05) is 12.1 Å². The Morgan fingerprint density at radius 3 is 2.42 bits per heavy atom. The average Bonchev–Trinajstić information content (AvgIpc) is 2.68. The zero-order valence-corrected chi connectivity index (χ0v) is 7.89. The molecule has 1 atom stereocenters. The van der Waals surface area contributed by atoms with Gasteiger partial charge in [0.25, 0.3) is 0 Å². The summed E-state index contributed by atoms with van der Waals surface area (Å²) in [5, 5.41) is 3.75. The highest BCUT2D eigenvalue weighted by Gasteiger charge is 2.31. The van der Waals surface area contributed by atoms with E-state index in [0.717, 1.165) is 24.4 Å². The molecule has 2 fully saturated rings. The van der Waals surface area contributed by atoms with Gasteiger partial charge in [-0.1, -0.05) is 19.8 Å². The van der Waals surface area contributed by atoms with Crippen LogP contribution in [-0.2, 0) is 0 Å². The first-order chi connectivity index (χ1) is 5.90. The predicted molar refractivity (Wildman–Crippen MR) is 51.9 cm³/mol. The second-order valence-electron chi connectivity index (χ2n) is 4.38. The molecule has 1 nitrogen and oxygen atoms in total. The molecular weight excluding hydrogens is 146 g/mol. The molecule has 2 aliphatic carbocycles. The molecule has 0 amide bonds. The molecule has 1 radical (unpaired) electrons. The Kier molecular flexibility index (Phi) is 2.69. The van der Waals surface area contributed by atoms with Crippen molar-refractivity contribution in [1.82, 2.24) is 5.32 Å². The number of nitrogens with one attached hydrogen (secondary N) is 1. The van der Waals surface area contributed by atoms with E-state index in [1.165, 1.54) is 38.5 Å². The van der Waals surface area contributed by atoms with Crippen molar-refractivity contribution >= 4 is 0 Å².